The summed E-state index contributed by atoms with van der Waals surface area (Å²) < 4.78 is 0. The van der Waals surface area contributed by atoms with Crippen LogP contribution in [0.1, 0.15) is 24.8 Å². The number of aromatic amines is 1. The number of para-hydroxylation sites is 1. The quantitative estimate of drug-likeness (QED) is 0.100. The smallest absolute Gasteiger partial charge is 0.327 e. The minimum atomic E-state index is -1.36. The van der Waals surface area contributed by atoms with E-state index in [4.69, 9.17) is 16.6 Å². The van der Waals surface area contributed by atoms with Gasteiger partial charge in [-0.1, -0.05) is 18.2 Å². The van der Waals surface area contributed by atoms with Gasteiger partial charge >= 0.3 is 5.97 Å². The number of thiol groups is 1. The van der Waals surface area contributed by atoms with Gasteiger partial charge in [0.05, 0.1) is 12.6 Å². The second-order valence-corrected chi connectivity index (χ2v) is 8.71. The van der Waals surface area contributed by atoms with Crippen LogP contribution in [0.25, 0.3) is 10.9 Å². The SMILES string of the molecule is NCCCCC(NC(=O)C(CO)NC(=O)C(N)Cc1c[nH]c2ccccc12)C(=O)NC(CS)C(=O)O. The predicted molar refractivity (Wildman–Crippen MR) is 137 cm³/mol. The lowest BCUT2D eigenvalue weighted by Crippen LogP contribution is -2.58. The number of rotatable bonds is 15. The molecule has 0 aliphatic heterocycles. The van der Waals surface area contributed by atoms with Gasteiger partial charge in [0.1, 0.15) is 18.1 Å². The molecule has 2 aromatic rings. The van der Waals surface area contributed by atoms with E-state index in [-0.39, 0.29) is 18.6 Å². The molecule has 0 bridgehead atoms. The first-order valence-corrected chi connectivity index (χ1v) is 12.2. The van der Waals surface area contributed by atoms with Crippen molar-refractivity contribution < 1.29 is 29.4 Å². The minimum absolute atomic E-state index is 0.145. The van der Waals surface area contributed by atoms with Gasteiger partial charge in [0.25, 0.3) is 0 Å². The van der Waals surface area contributed by atoms with Gasteiger partial charge in [-0.2, -0.15) is 12.6 Å². The average Bonchev–Trinajstić information content (AvgIpc) is 3.27. The van der Waals surface area contributed by atoms with Crippen LogP contribution in [0.3, 0.4) is 0 Å². The average molecular weight is 523 g/mol. The Morgan fingerprint density at radius 1 is 0.972 bits per heavy atom. The van der Waals surface area contributed by atoms with Gasteiger partial charge in [0.15, 0.2) is 0 Å². The fraction of sp³-hybridized carbons (Fsp3) is 0.478. The molecule has 0 aliphatic carbocycles. The van der Waals surface area contributed by atoms with E-state index in [0.717, 1.165) is 16.5 Å². The number of aliphatic hydroxyl groups excluding tert-OH is 1. The van der Waals surface area contributed by atoms with Gasteiger partial charge in [0, 0.05) is 22.9 Å². The van der Waals surface area contributed by atoms with Crippen molar-refractivity contribution in [2.24, 2.45) is 11.5 Å². The highest BCUT2D eigenvalue weighted by Crippen LogP contribution is 2.18. The Morgan fingerprint density at radius 2 is 1.61 bits per heavy atom. The molecule has 1 heterocycles. The van der Waals surface area contributed by atoms with Gasteiger partial charge in [-0.05, 0) is 43.9 Å². The van der Waals surface area contributed by atoms with Crippen molar-refractivity contribution in [2.75, 3.05) is 18.9 Å². The largest absolute Gasteiger partial charge is 0.480 e. The third-order valence-corrected chi connectivity index (χ3v) is 6.01. The lowest BCUT2D eigenvalue weighted by molar-refractivity contribution is -0.141. The zero-order valence-corrected chi connectivity index (χ0v) is 20.7. The number of carbonyl (C=O) groups excluding carboxylic acids is 3. The summed E-state index contributed by atoms with van der Waals surface area (Å²) in [5.41, 5.74) is 13.3. The Morgan fingerprint density at radius 3 is 2.25 bits per heavy atom. The zero-order chi connectivity index (χ0) is 26.7. The molecule has 0 radical (unpaired) electrons. The number of nitrogens with one attached hydrogen (secondary N) is 4. The molecule has 4 atom stereocenters. The van der Waals surface area contributed by atoms with E-state index >= 15 is 0 Å². The first-order valence-electron chi connectivity index (χ1n) is 11.6. The fourth-order valence-corrected chi connectivity index (χ4v) is 3.84. The van der Waals surface area contributed by atoms with Crippen molar-refractivity contribution in [3.8, 4) is 0 Å². The molecule has 0 aliphatic rings. The number of nitrogens with two attached hydrogens (primary N) is 2. The highest BCUT2D eigenvalue weighted by molar-refractivity contribution is 7.80. The predicted octanol–water partition coefficient (Wildman–Crippen LogP) is -1.37. The monoisotopic (exact) mass is 522 g/mol. The normalized spacial score (nSPS) is 14.4. The summed E-state index contributed by atoms with van der Waals surface area (Å²) >= 11 is 3.92. The van der Waals surface area contributed by atoms with E-state index in [1.807, 2.05) is 24.3 Å². The number of aromatic nitrogens is 1. The molecular weight excluding hydrogens is 488 g/mol. The maximum absolute atomic E-state index is 12.8. The highest BCUT2D eigenvalue weighted by Gasteiger charge is 2.29. The lowest BCUT2D eigenvalue weighted by atomic mass is 10.0. The van der Waals surface area contributed by atoms with E-state index in [1.54, 1.807) is 6.20 Å². The van der Waals surface area contributed by atoms with E-state index in [9.17, 15) is 24.3 Å². The summed E-state index contributed by atoms with van der Waals surface area (Å²) in [6.07, 6.45) is 3.20. The van der Waals surface area contributed by atoms with E-state index in [1.165, 1.54) is 0 Å². The first-order chi connectivity index (χ1) is 17.2. The topological polar surface area (TPSA) is 213 Å². The molecule has 13 heteroatoms. The standard InChI is InChI=1S/C23H34N6O6S/c24-8-4-3-7-17(21(32)29-19(12-36)23(34)35)27-22(33)18(11-30)28-20(31)15(25)9-13-10-26-16-6-2-1-5-14(13)16/h1-2,5-6,10,15,17-19,26,30,36H,3-4,7-9,11-12,24-25H2,(H,27,33)(H,28,31)(H,29,32)(H,34,35). The maximum atomic E-state index is 12.8. The van der Waals surface area contributed by atoms with Crippen LogP contribution in [-0.2, 0) is 25.6 Å². The molecule has 0 fully saturated rings. The van der Waals surface area contributed by atoms with Crippen LogP contribution in [0.4, 0.5) is 0 Å². The molecule has 12 nitrogen and oxygen atoms in total. The summed E-state index contributed by atoms with van der Waals surface area (Å²) in [5, 5.41) is 27.0. The van der Waals surface area contributed by atoms with Gasteiger partial charge in [-0.25, -0.2) is 4.79 Å². The number of aliphatic hydroxyl groups is 1. The number of unbranched alkanes of at least 4 members (excludes halogenated alkanes) is 1. The molecule has 0 spiro atoms. The first kappa shape index (κ1) is 29.1. The Bertz CT molecular complexity index is 1050. The second kappa shape index (κ2) is 14.4. The summed E-state index contributed by atoms with van der Waals surface area (Å²) in [5.74, 6) is -3.60. The second-order valence-electron chi connectivity index (χ2n) is 8.34. The number of aliphatic carboxylic acids is 1. The number of fused-ring (bicyclic) bond motifs is 1. The van der Waals surface area contributed by atoms with Crippen molar-refractivity contribution in [1.29, 1.82) is 0 Å². The molecule has 198 valence electrons. The molecule has 1 aromatic heterocycles. The lowest BCUT2D eigenvalue weighted by Gasteiger charge is -2.24. The van der Waals surface area contributed by atoms with E-state index < -0.39 is 54.5 Å². The number of carboxylic acid groups (broad SMARTS) is 1. The Balaban J connectivity index is 2.02. The van der Waals surface area contributed by atoms with Crippen molar-refractivity contribution >= 4 is 47.2 Å². The van der Waals surface area contributed by atoms with Gasteiger partial charge in [-0.3, -0.25) is 14.4 Å². The van der Waals surface area contributed by atoms with Crippen LogP contribution in [0, 0.1) is 0 Å². The number of amides is 3. The van der Waals surface area contributed by atoms with E-state index in [2.05, 4.69) is 33.6 Å². The number of hydrogen-bond acceptors (Lipinski definition) is 8. The summed E-state index contributed by atoms with van der Waals surface area (Å²) in [7, 11) is 0. The summed E-state index contributed by atoms with van der Waals surface area (Å²) in [4.78, 5) is 52.4. The Kier molecular flexibility index (Phi) is 11.7. The zero-order valence-electron chi connectivity index (χ0n) is 19.8. The van der Waals surface area contributed by atoms with Crippen LogP contribution >= 0.6 is 12.6 Å². The van der Waals surface area contributed by atoms with Crippen LogP contribution in [0.15, 0.2) is 30.5 Å². The third kappa shape index (κ3) is 8.22. The van der Waals surface area contributed by atoms with Gasteiger partial charge in [0.2, 0.25) is 17.7 Å². The number of H-pyrrole nitrogens is 1. The third-order valence-electron chi connectivity index (χ3n) is 5.64. The van der Waals surface area contributed by atoms with Crippen molar-refractivity contribution in [1.82, 2.24) is 20.9 Å². The highest BCUT2D eigenvalue weighted by atomic mass is 32.1. The fourth-order valence-electron chi connectivity index (χ4n) is 3.59. The number of benzene rings is 1. The Hall–Kier alpha value is -3.13. The van der Waals surface area contributed by atoms with Crippen molar-refractivity contribution in [3.63, 3.8) is 0 Å². The van der Waals surface area contributed by atoms with E-state index in [0.29, 0.717) is 19.4 Å². The number of carbonyl (C=O) groups is 4. The molecule has 4 unspecified atom stereocenters. The van der Waals surface area contributed by atoms with Crippen molar-refractivity contribution in [3.05, 3.63) is 36.0 Å². The molecule has 3 amide bonds. The van der Waals surface area contributed by atoms with Gasteiger partial charge in [-0.15, -0.1) is 0 Å². The van der Waals surface area contributed by atoms with Crippen molar-refractivity contribution in [2.45, 2.75) is 49.9 Å². The number of carboxylic acids is 1. The van der Waals surface area contributed by atoms with Crippen LogP contribution < -0.4 is 27.4 Å². The maximum Gasteiger partial charge on any atom is 0.327 e. The summed E-state index contributed by atoms with van der Waals surface area (Å²) in [6.45, 7) is -0.358. The van der Waals surface area contributed by atoms with Crippen LogP contribution in [0.2, 0.25) is 0 Å². The Labute approximate surface area is 214 Å². The molecule has 2 rings (SSSR count). The molecular formula is C23H34N6O6S. The minimum Gasteiger partial charge on any atom is -0.480 e. The molecule has 1 aromatic carbocycles. The number of hydrogen-bond donors (Lipinski definition) is 9. The summed E-state index contributed by atoms with van der Waals surface area (Å²) in [6, 6.07) is 2.83. The van der Waals surface area contributed by atoms with Crippen LogP contribution in [0.5, 0.6) is 0 Å². The molecule has 0 saturated carbocycles. The molecule has 0 saturated heterocycles. The van der Waals surface area contributed by atoms with Crippen LogP contribution in [-0.4, -0.2) is 82.0 Å². The molecule has 36 heavy (non-hydrogen) atoms. The van der Waals surface area contributed by atoms with Gasteiger partial charge < -0.3 is 42.6 Å². The molecule has 10 N–H and O–H groups in total.